The Bertz CT molecular complexity index is 372. The van der Waals surface area contributed by atoms with Crippen molar-refractivity contribution >= 4 is 47.4 Å². The molecular formula is C12H21Cl2N3S. The molecule has 0 aromatic heterocycles. The second-order valence-electron chi connectivity index (χ2n) is 3.49. The highest BCUT2D eigenvalue weighted by Gasteiger charge is 2.03. The van der Waals surface area contributed by atoms with Crippen LogP contribution in [0.2, 0.25) is 0 Å². The van der Waals surface area contributed by atoms with Gasteiger partial charge in [0.2, 0.25) is 0 Å². The van der Waals surface area contributed by atoms with Gasteiger partial charge in [0, 0.05) is 6.04 Å². The summed E-state index contributed by atoms with van der Waals surface area (Å²) < 4.78 is 0. The molecular weight excluding hydrogens is 289 g/mol. The summed E-state index contributed by atoms with van der Waals surface area (Å²) in [5, 5.41) is 0.602. The lowest BCUT2D eigenvalue weighted by atomic mass is 10.1. The van der Waals surface area contributed by atoms with E-state index in [-0.39, 0.29) is 30.9 Å². The van der Waals surface area contributed by atoms with Gasteiger partial charge >= 0.3 is 0 Å². The number of nitrogens with two attached hydrogens (primary N) is 2. The molecule has 1 unspecified atom stereocenters. The number of amidine groups is 1. The van der Waals surface area contributed by atoms with Gasteiger partial charge < -0.3 is 11.5 Å². The molecule has 0 amide bonds. The average Bonchev–Trinajstić information content (AvgIpc) is 2.28. The summed E-state index contributed by atoms with van der Waals surface area (Å²) in [6.45, 7) is 4.12. The Balaban J connectivity index is 0. The number of halogens is 2. The Hall–Kier alpha value is -0.420. The molecule has 0 aliphatic heterocycles. The maximum absolute atomic E-state index is 5.97. The van der Waals surface area contributed by atoms with Gasteiger partial charge in [0.1, 0.15) is 0 Å². The minimum Gasteiger partial charge on any atom is -0.378 e. The molecule has 1 aromatic carbocycles. The monoisotopic (exact) mass is 309 g/mol. The fourth-order valence-electron chi connectivity index (χ4n) is 1.37. The predicted octanol–water partition coefficient (Wildman–Crippen LogP) is 3.64. The highest BCUT2D eigenvalue weighted by atomic mass is 35.5. The van der Waals surface area contributed by atoms with E-state index < -0.39 is 0 Å². The first-order valence-corrected chi connectivity index (χ1v) is 6.48. The number of aliphatic imine (C=N–C) groups is 1. The number of nitrogens with zero attached hydrogens (tertiary/aromatic N) is 1. The van der Waals surface area contributed by atoms with Crippen LogP contribution in [0.4, 0.5) is 5.69 Å². The predicted molar refractivity (Wildman–Crippen MR) is 87.6 cm³/mol. The third kappa shape index (κ3) is 6.50. The van der Waals surface area contributed by atoms with Crippen molar-refractivity contribution in [1.29, 1.82) is 0 Å². The number of hydrogen-bond acceptors (Lipinski definition) is 3. The van der Waals surface area contributed by atoms with Crippen LogP contribution < -0.4 is 11.5 Å². The van der Waals surface area contributed by atoms with Gasteiger partial charge in [-0.2, -0.15) is 0 Å². The highest BCUT2D eigenvalue weighted by Crippen LogP contribution is 2.20. The first kappa shape index (κ1) is 19.9. The van der Waals surface area contributed by atoms with Crippen LogP contribution in [-0.4, -0.2) is 10.9 Å². The Kier molecular flexibility index (Phi) is 11.6. The van der Waals surface area contributed by atoms with E-state index in [9.17, 15) is 0 Å². The normalized spacial score (nSPS) is 12.3. The zero-order valence-corrected chi connectivity index (χ0v) is 13.1. The van der Waals surface area contributed by atoms with Crippen molar-refractivity contribution in [3.63, 3.8) is 0 Å². The lowest BCUT2D eigenvalue weighted by Crippen LogP contribution is -2.08. The molecule has 18 heavy (non-hydrogen) atoms. The summed E-state index contributed by atoms with van der Waals surface area (Å²) >= 11 is 1.54. The minimum atomic E-state index is 0. The number of thioether (sulfide) groups is 1. The zero-order chi connectivity index (χ0) is 12.0. The number of hydrogen-bond donors (Lipinski definition) is 2. The molecule has 104 valence electrons. The molecule has 0 aliphatic carbocycles. The standard InChI is InChI=1S/C12H19N3S.2ClH/c1-3-11(13)9-6-5-7-10(8-9)15-12(14)16-4-2;;/h5-8,11H,3-4,13H2,1-2H3,(H2,14,15);2*1H. The van der Waals surface area contributed by atoms with E-state index in [2.05, 4.69) is 18.8 Å². The molecule has 1 atom stereocenters. The molecule has 0 saturated heterocycles. The van der Waals surface area contributed by atoms with Crippen molar-refractivity contribution in [3.8, 4) is 0 Å². The van der Waals surface area contributed by atoms with Crippen LogP contribution in [0.25, 0.3) is 0 Å². The summed E-state index contributed by atoms with van der Waals surface area (Å²) in [5.41, 5.74) is 13.7. The first-order chi connectivity index (χ1) is 7.67. The third-order valence-electron chi connectivity index (χ3n) is 2.27. The van der Waals surface area contributed by atoms with Crippen molar-refractivity contribution in [2.24, 2.45) is 16.5 Å². The fraction of sp³-hybridized carbons (Fsp3) is 0.417. The zero-order valence-electron chi connectivity index (χ0n) is 10.6. The minimum absolute atomic E-state index is 0. The average molecular weight is 310 g/mol. The second-order valence-corrected chi connectivity index (χ2v) is 4.78. The molecule has 1 aromatic rings. The van der Waals surface area contributed by atoms with Gasteiger partial charge in [0.05, 0.1) is 5.69 Å². The van der Waals surface area contributed by atoms with Crippen LogP contribution >= 0.6 is 36.6 Å². The summed E-state index contributed by atoms with van der Waals surface area (Å²) in [5.74, 6) is 0.934. The van der Waals surface area contributed by atoms with Crippen molar-refractivity contribution in [1.82, 2.24) is 0 Å². The Labute approximate surface area is 126 Å². The topological polar surface area (TPSA) is 64.4 Å². The van der Waals surface area contributed by atoms with E-state index in [0.717, 1.165) is 23.4 Å². The fourth-order valence-corrected chi connectivity index (χ4v) is 1.83. The van der Waals surface area contributed by atoms with E-state index >= 15 is 0 Å². The van der Waals surface area contributed by atoms with Gasteiger partial charge in [-0.1, -0.05) is 37.7 Å². The smallest absolute Gasteiger partial charge is 0.159 e. The first-order valence-electron chi connectivity index (χ1n) is 5.49. The summed E-state index contributed by atoms with van der Waals surface area (Å²) in [7, 11) is 0. The molecule has 6 heteroatoms. The SMILES string of the molecule is CCSC(N)=Nc1cccc(C(N)CC)c1.Cl.Cl. The van der Waals surface area contributed by atoms with Crippen molar-refractivity contribution in [2.75, 3.05) is 5.75 Å². The van der Waals surface area contributed by atoms with Crippen LogP contribution in [0.15, 0.2) is 29.3 Å². The van der Waals surface area contributed by atoms with Crippen LogP contribution in [0.5, 0.6) is 0 Å². The largest absolute Gasteiger partial charge is 0.378 e. The van der Waals surface area contributed by atoms with Crippen molar-refractivity contribution < 1.29 is 0 Å². The summed E-state index contributed by atoms with van der Waals surface area (Å²) in [4.78, 5) is 4.33. The third-order valence-corrected chi connectivity index (χ3v) is 2.95. The molecule has 0 spiro atoms. The molecule has 0 radical (unpaired) electrons. The van der Waals surface area contributed by atoms with E-state index in [1.165, 1.54) is 0 Å². The van der Waals surface area contributed by atoms with Gasteiger partial charge in [-0.25, -0.2) is 4.99 Å². The Morgan fingerprint density at radius 1 is 1.33 bits per heavy atom. The van der Waals surface area contributed by atoms with E-state index in [4.69, 9.17) is 11.5 Å². The van der Waals surface area contributed by atoms with Crippen LogP contribution in [0.1, 0.15) is 31.9 Å². The maximum Gasteiger partial charge on any atom is 0.159 e. The van der Waals surface area contributed by atoms with E-state index in [1.54, 1.807) is 11.8 Å². The lowest BCUT2D eigenvalue weighted by molar-refractivity contribution is 0.699. The van der Waals surface area contributed by atoms with E-state index in [1.807, 2.05) is 24.3 Å². The van der Waals surface area contributed by atoms with Gasteiger partial charge in [0.25, 0.3) is 0 Å². The number of benzene rings is 1. The maximum atomic E-state index is 5.97. The lowest BCUT2D eigenvalue weighted by Gasteiger charge is -2.09. The molecule has 1 rings (SSSR count). The van der Waals surface area contributed by atoms with Gasteiger partial charge in [-0.15, -0.1) is 24.8 Å². The molecule has 3 nitrogen and oxygen atoms in total. The van der Waals surface area contributed by atoms with Crippen molar-refractivity contribution in [2.45, 2.75) is 26.3 Å². The number of rotatable bonds is 4. The molecule has 0 bridgehead atoms. The van der Waals surface area contributed by atoms with Gasteiger partial charge in [-0.3, -0.25) is 0 Å². The molecule has 0 aliphatic rings. The van der Waals surface area contributed by atoms with E-state index in [0.29, 0.717) is 5.17 Å². The quantitative estimate of drug-likeness (QED) is 0.659. The Morgan fingerprint density at radius 3 is 2.56 bits per heavy atom. The van der Waals surface area contributed by atoms with Crippen LogP contribution in [0.3, 0.4) is 0 Å². The van der Waals surface area contributed by atoms with Crippen LogP contribution in [0, 0.1) is 0 Å². The van der Waals surface area contributed by atoms with Crippen LogP contribution in [-0.2, 0) is 0 Å². The van der Waals surface area contributed by atoms with Gasteiger partial charge in [-0.05, 0) is 29.9 Å². The Morgan fingerprint density at radius 2 is 2.00 bits per heavy atom. The molecule has 0 saturated carbocycles. The molecule has 0 heterocycles. The highest BCUT2D eigenvalue weighted by molar-refractivity contribution is 8.13. The second kappa shape index (κ2) is 10.5. The molecule has 4 N–H and O–H groups in total. The van der Waals surface area contributed by atoms with Crippen molar-refractivity contribution in [3.05, 3.63) is 29.8 Å². The van der Waals surface area contributed by atoms with Gasteiger partial charge in [0.15, 0.2) is 5.17 Å². The summed E-state index contributed by atoms with van der Waals surface area (Å²) in [6.07, 6.45) is 0.923. The molecule has 0 fully saturated rings. The summed E-state index contributed by atoms with van der Waals surface area (Å²) in [6, 6.07) is 8.01.